The summed E-state index contributed by atoms with van der Waals surface area (Å²) in [5.41, 5.74) is 1.43. The minimum atomic E-state index is -0.416. The molecule has 6 heteroatoms. The Balaban J connectivity index is 1.82. The molecule has 0 saturated heterocycles. The zero-order chi connectivity index (χ0) is 17.6. The Morgan fingerprint density at radius 3 is 2.52 bits per heavy atom. The third kappa shape index (κ3) is 3.92. The lowest BCUT2D eigenvalue weighted by atomic mass is 10.2. The van der Waals surface area contributed by atoms with Gasteiger partial charge in [-0.3, -0.25) is 4.79 Å². The van der Waals surface area contributed by atoms with Crippen LogP contribution in [0.15, 0.2) is 66.9 Å². The summed E-state index contributed by atoms with van der Waals surface area (Å²) in [6.45, 7) is 0.416. The minimum Gasteiger partial charge on any atom is -0.395 e. The second-order valence-electron chi connectivity index (χ2n) is 5.53. The number of hydrogen-bond acceptors (Lipinski definition) is 3. The summed E-state index contributed by atoms with van der Waals surface area (Å²) >= 11 is 0. The molecule has 3 aromatic rings. The Bertz CT molecular complexity index is 849. The molecular weight excluding hydrogens is 321 g/mol. The van der Waals surface area contributed by atoms with Crippen LogP contribution < -0.4 is 0 Å². The van der Waals surface area contributed by atoms with Gasteiger partial charge in [-0.25, -0.2) is 9.07 Å². The largest absolute Gasteiger partial charge is 0.395 e. The van der Waals surface area contributed by atoms with Crippen LogP contribution in [0.3, 0.4) is 0 Å². The third-order valence-corrected chi connectivity index (χ3v) is 3.78. The van der Waals surface area contributed by atoms with Gasteiger partial charge in [0.25, 0.3) is 5.91 Å². The van der Waals surface area contributed by atoms with E-state index in [1.807, 2.05) is 30.3 Å². The van der Waals surface area contributed by atoms with E-state index < -0.39 is 5.82 Å². The van der Waals surface area contributed by atoms with E-state index in [1.54, 1.807) is 30.5 Å². The molecule has 1 N–H and O–H groups in total. The predicted molar refractivity (Wildman–Crippen MR) is 91.8 cm³/mol. The fraction of sp³-hybridized carbons (Fsp3) is 0.158. The molecule has 0 radical (unpaired) electrons. The first-order valence-corrected chi connectivity index (χ1v) is 7.93. The van der Waals surface area contributed by atoms with Crippen LogP contribution in [-0.2, 0) is 6.54 Å². The summed E-state index contributed by atoms with van der Waals surface area (Å²) in [6.07, 6.45) is 1.55. The Morgan fingerprint density at radius 1 is 1.08 bits per heavy atom. The Labute approximate surface area is 144 Å². The molecule has 1 heterocycles. The maximum atomic E-state index is 13.9. The maximum absolute atomic E-state index is 13.9. The van der Waals surface area contributed by atoms with Gasteiger partial charge in [0, 0.05) is 19.3 Å². The van der Waals surface area contributed by atoms with E-state index in [1.165, 1.54) is 15.6 Å². The number of aliphatic hydroxyl groups is 1. The highest BCUT2D eigenvalue weighted by Crippen LogP contribution is 2.14. The maximum Gasteiger partial charge on any atom is 0.274 e. The number of halogens is 1. The monoisotopic (exact) mass is 339 g/mol. The highest BCUT2D eigenvalue weighted by molar-refractivity contribution is 5.92. The van der Waals surface area contributed by atoms with E-state index in [9.17, 15) is 14.3 Å². The van der Waals surface area contributed by atoms with Crippen LogP contribution in [0.2, 0.25) is 0 Å². The fourth-order valence-corrected chi connectivity index (χ4v) is 2.55. The van der Waals surface area contributed by atoms with Gasteiger partial charge < -0.3 is 10.0 Å². The van der Waals surface area contributed by atoms with E-state index in [0.717, 1.165) is 5.56 Å². The van der Waals surface area contributed by atoms with E-state index in [-0.39, 0.29) is 30.4 Å². The van der Waals surface area contributed by atoms with Crippen molar-refractivity contribution in [1.82, 2.24) is 14.7 Å². The lowest BCUT2D eigenvalue weighted by molar-refractivity contribution is 0.0701. The Morgan fingerprint density at radius 2 is 1.80 bits per heavy atom. The van der Waals surface area contributed by atoms with Crippen molar-refractivity contribution in [2.75, 3.05) is 13.2 Å². The van der Waals surface area contributed by atoms with Crippen molar-refractivity contribution in [1.29, 1.82) is 0 Å². The molecule has 0 atom stereocenters. The number of aromatic nitrogens is 2. The number of benzene rings is 2. The molecule has 0 aliphatic rings. The zero-order valence-electron chi connectivity index (χ0n) is 13.5. The Hall–Kier alpha value is -2.99. The molecule has 128 valence electrons. The number of aliphatic hydroxyl groups excluding tert-OH is 1. The molecule has 1 amide bonds. The molecule has 1 aromatic heterocycles. The molecule has 0 spiro atoms. The van der Waals surface area contributed by atoms with E-state index in [2.05, 4.69) is 5.10 Å². The molecule has 5 nitrogen and oxygen atoms in total. The summed E-state index contributed by atoms with van der Waals surface area (Å²) in [5, 5.41) is 13.5. The van der Waals surface area contributed by atoms with Crippen molar-refractivity contribution in [3.63, 3.8) is 0 Å². The van der Waals surface area contributed by atoms with Crippen LogP contribution in [0, 0.1) is 5.82 Å². The van der Waals surface area contributed by atoms with Crippen molar-refractivity contribution in [3.05, 3.63) is 83.9 Å². The molecular formula is C19H18FN3O2. The smallest absolute Gasteiger partial charge is 0.274 e. The number of para-hydroxylation sites is 1. The van der Waals surface area contributed by atoms with Crippen LogP contribution in [0.25, 0.3) is 5.69 Å². The molecule has 0 bridgehead atoms. The molecule has 0 aliphatic heterocycles. The number of hydrogen-bond donors (Lipinski definition) is 1. The van der Waals surface area contributed by atoms with Crippen LogP contribution >= 0.6 is 0 Å². The molecule has 25 heavy (non-hydrogen) atoms. The first-order valence-electron chi connectivity index (χ1n) is 7.93. The van der Waals surface area contributed by atoms with Gasteiger partial charge in [-0.1, -0.05) is 42.5 Å². The van der Waals surface area contributed by atoms with Crippen LogP contribution in [0.4, 0.5) is 4.39 Å². The normalized spacial score (nSPS) is 10.6. The van der Waals surface area contributed by atoms with Gasteiger partial charge in [-0.05, 0) is 23.8 Å². The highest BCUT2D eigenvalue weighted by atomic mass is 19.1. The van der Waals surface area contributed by atoms with E-state index >= 15 is 0 Å². The first kappa shape index (κ1) is 16.9. The molecule has 3 rings (SSSR count). The second-order valence-corrected chi connectivity index (χ2v) is 5.53. The average molecular weight is 339 g/mol. The third-order valence-electron chi connectivity index (χ3n) is 3.78. The second kappa shape index (κ2) is 7.72. The standard InChI is InChI=1S/C19H18FN3O2/c20-16-8-4-5-9-18(16)23-11-10-17(21-23)19(25)22(12-13-24)14-15-6-2-1-3-7-15/h1-11,24H,12-14H2. The summed E-state index contributed by atoms with van der Waals surface area (Å²) in [6, 6.07) is 17.3. The summed E-state index contributed by atoms with van der Waals surface area (Å²) in [7, 11) is 0. The molecule has 0 aliphatic carbocycles. The first-order chi connectivity index (χ1) is 12.2. The number of carbonyl (C=O) groups is 1. The lowest BCUT2D eigenvalue weighted by Crippen LogP contribution is -2.33. The molecule has 2 aromatic carbocycles. The van der Waals surface area contributed by atoms with E-state index in [0.29, 0.717) is 6.54 Å². The van der Waals surface area contributed by atoms with Crippen LogP contribution in [-0.4, -0.2) is 38.8 Å². The van der Waals surface area contributed by atoms with Gasteiger partial charge in [0.05, 0.1) is 6.61 Å². The lowest BCUT2D eigenvalue weighted by Gasteiger charge is -2.20. The van der Waals surface area contributed by atoms with Crippen LogP contribution in [0.5, 0.6) is 0 Å². The zero-order valence-corrected chi connectivity index (χ0v) is 13.5. The molecule has 0 fully saturated rings. The van der Waals surface area contributed by atoms with Gasteiger partial charge in [-0.2, -0.15) is 5.10 Å². The minimum absolute atomic E-state index is 0.146. The summed E-state index contributed by atoms with van der Waals surface area (Å²) < 4.78 is 15.2. The van der Waals surface area contributed by atoms with Crippen LogP contribution in [0.1, 0.15) is 16.1 Å². The van der Waals surface area contributed by atoms with Gasteiger partial charge >= 0.3 is 0 Å². The quantitative estimate of drug-likeness (QED) is 0.751. The van der Waals surface area contributed by atoms with Gasteiger partial charge in [0.15, 0.2) is 5.69 Å². The van der Waals surface area contributed by atoms with Crippen molar-refractivity contribution in [2.45, 2.75) is 6.54 Å². The average Bonchev–Trinajstić information content (AvgIpc) is 3.12. The SMILES string of the molecule is O=C(c1ccn(-c2ccccc2F)n1)N(CCO)Cc1ccccc1. The fourth-order valence-electron chi connectivity index (χ4n) is 2.55. The predicted octanol–water partition coefficient (Wildman–Crippen LogP) is 2.65. The Kier molecular flexibility index (Phi) is 5.20. The van der Waals surface area contributed by atoms with Crippen molar-refractivity contribution in [3.8, 4) is 5.69 Å². The molecule has 0 unspecified atom stereocenters. The van der Waals surface area contributed by atoms with Crippen molar-refractivity contribution in [2.24, 2.45) is 0 Å². The van der Waals surface area contributed by atoms with Crippen molar-refractivity contribution < 1.29 is 14.3 Å². The number of rotatable bonds is 6. The molecule has 0 saturated carbocycles. The summed E-state index contributed by atoms with van der Waals surface area (Å²) in [4.78, 5) is 14.2. The van der Waals surface area contributed by atoms with E-state index in [4.69, 9.17) is 0 Å². The highest BCUT2D eigenvalue weighted by Gasteiger charge is 2.19. The summed E-state index contributed by atoms with van der Waals surface area (Å²) in [5.74, 6) is -0.728. The number of amides is 1. The van der Waals surface area contributed by atoms with Crippen molar-refractivity contribution >= 4 is 5.91 Å². The number of carbonyl (C=O) groups excluding carboxylic acids is 1. The number of nitrogens with zero attached hydrogens (tertiary/aromatic N) is 3. The van der Waals surface area contributed by atoms with Gasteiger partial charge in [0.2, 0.25) is 0 Å². The van der Waals surface area contributed by atoms with Gasteiger partial charge in [-0.15, -0.1) is 0 Å². The topological polar surface area (TPSA) is 58.4 Å². The van der Waals surface area contributed by atoms with Gasteiger partial charge in [0.1, 0.15) is 11.5 Å².